The summed E-state index contributed by atoms with van der Waals surface area (Å²) in [6, 6.07) is 3.31. The van der Waals surface area contributed by atoms with Gasteiger partial charge in [0.05, 0.1) is 17.6 Å². The molecule has 88 valence electrons. The van der Waals surface area contributed by atoms with Gasteiger partial charge in [0.25, 0.3) is 0 Å². The summed E-state index contributed by atoms with van der Waals surface area (Å²) in [5.41, 5.74) is 0.568. The van der Waals surface area contributed by atoms with Gasteiger partial charge in [0.1, 0.15) is 11.3 Å². The summed E-state index contributed by atoms with van der Waals surface area (Å²) in [6.07, 6.45) is 1.27. The van der Waals surface area contributed by atoms with Crippen LogP contribution >= 0.6 is 34.2 Å². The quantitative estimate of drug-likeness (QED) is 0.625. The van der Waals surface area contributed by atoms with Crippen molar-refractivity contribution in [2.24, 2.45) is 0 Å². The van der Waals surface area contributed by atoms with Crippen molar-refractivity contribution in [1.82, 2.24) is 4.98 Å². The molecule has 0 fully saturated rings. The normalized spacial score (nSPS) is 10.5. The lowest BCUT2D eigenvalue weighted by atomic mass is 10.1. The third kappa shape index (κ3) is 2.16. The molecule has 2 rings (SSSR count). The van der Waals surface area contributed by atoms with Gasteiger partial charge in [-0.2, -0.15) is 0 Å². The molecule has 1 aromatic carbocycles. The van der Waals surface area contributed by atoms with Crippen molar-refractivity contribution < 1.29 is 14.6 Å². The molecule has 0 bridgehead atoms. The number of hydrogen-bond acceptors (Lipinski definition) is 4. The SMILES string of the molecule is COC(=O)c1cnc2cc(Cl)c(I)cc2c1O. The molecule has 0 spiro atoms. The number of benzene rings is 1. The van der Waals surface area contributed by atoms with Gasteiger partial charge in [-0.15, -0.1) is 0 Å². The number of rotatable bonds is 1. The molecule has 0 saturated carbocycles. The predicted molar refractivity (Wildman–Crippen MR) is 72.5 cm³/mol. The molecule has 0 unspecified atom stereocenters. The molecule has 0 aliphatic heterocycles. The summed E-state index contributed by atoms with van der Waals surface area (Å²) < 4.78 is 5.33. The molecule has 6 heteroatoms. The van der Waals surface area contributed by atoms with Gasteiger partial charge in [0.15, 0.2) is 0 Å². The van der Waals surface area contributed by atoms with Crippen LogP contribution in [0.1, 0.15) is 10.4 Å². The van der Waals surface area contributed by atoms with Gasteiger partial charge in [0, 0.05) is 15.2 Å². The number of esters is 1. The first kappa shape index (κ1) is 12.4. The average Bonchev–Trinajstić information content (AvgIpc) is 2.31. The standard InChI is InChI=1S/C11H7ClINO3/c1-17-11(16)6-4-14-9-3-7(12)8(13)2-5(9)10(6)15/h2-4H,1H3,(H,14,15). The summed E-state index contributed by atoms with van der Waals surface area (Å²) in [7, 11) is 1.25. The Morgan fingerprint density at radius 2 is 2.24 bits per heavy atom. The number of carbonyl (C=O) groups is 1. The van der Waals surface area contributed by atoms with E-state index in [1.54, 1.807) is 12.1 Å². The summed E-state index contributed by atoms with van der Waals surface area (Å²) >= 11 is 7.99. The average molecular weight is 364 g/mol. The van der Waals surface area contributed by atoms with Crippen LogP contribution in [0.15, 0.2) is 18.3 Å². The Labute approximate surface area is 116 Å². The second-order valence-electron chi connectivity index (χ2n) is 3.30. The van der Waals surface area contributed by atoms with Crippen LogP contribution in [0.2, 0.25) is 5.02 Å². The molecule has 17 heavy (non-hydrogen) atoms. The van der Waals surface area contributed by atoms with E-state index < -0.39 is 5.97 Å². The highest BCUT2D eigenvalue weighted by molar-refractivity contribution is 14.1. The van der Waals surface area contributed by atoms with E-state index in [0.29, 0.717) is 15.9 Å². The maximum Gasteiger partial charge on any atom is 0.343 e. The number of aromatic nitrogens is 1. The molecule has 1 aromatic heterocycles. The van der Waals surface area contributed by atoms with Crippen LogP contribution in [-0.2, 0) is 4.74 Å². The van der Waals surface area contributed by atoms with Gasteiger partial charge in [-0.05, 0) is 34.7 Å². The van der Waals surface area contributed by atoms with Gasteiger partial charge in [-0.25, -0.2) is 4.79 Å². The van der Waals surface area contributed by atoms with Crippen LogP contribution in [0.25, 0.3) is 10.9 Å². The smallest absolute Gasteiger partial charge is 0.343 e. The molecule has 0 atom stereocenters. The summed E-state index contributed by atoms with van der Waals surface area (Å²) in [4.78, 5) is 15.4. The number of hydrogen-bond donors (Lipinski definition) is 1. The number of halogens is 2. The lowest BCUT2D eigenvalue weighted by molar-refractivity contribution is 0.0597. The van der Waals surface area contributed by atoms with E-state index >= 15 is 0 Å². The minimum Gasteiger partial charge on any atom is -0.506 e. The van der Waals surface area contributed by atoms with E-state index in [-0.39, 0.29) is 11.3 Å². The molecule has 1 heterocycles. The third-order valence-corrected chi connectivity index (χ3v) is 3.81. The highest BCUT2D eigenvalue weighted by Gasteiger charge is 2.16. The molecule has 0 aliphatic rings. The van der Waals surface area contributed by atoms with E-state index in [4.69, 9.17) is 11.6 Å². The first-order valence-corrected chi connectivity index (χ1v) is 6.05. The lowest BCUT2D eigenvalue weighted by Gasteiger charge is -2.06. The Morgan fingerprint density at radius 1 is 1.53 bits per heavy atom. The molecule has 1 N–H and O–H groups in total. The van der Waals surface area contributed by atoms with Crippen molar-refractivity contribution in [1.29, 1.82) is 0 Å². The first-order chi connectivity index (χ1) is 8.04. The molecule has 0 amide bonds. The third-order valence-electron chi connectivity index (χ3n) is 2.29. The Morgan fingerprint density at radius 3 is 2.88 bits per heavy atom. The van der Waals surface area contributed by atoms with Crippen LogP contribution in [-0.4, -0.2) is 23.2 Å². The van der Waals surface area contributed by atoms with Crippen molar-refractivity contribution in [2.75, 3.05) is 7.11 Å². The molecule has 4 nitrogen and oxygen atoms in total. The number of nitrogens with zero attached hydrogens (tertiary/aromatic N) is 1. The topological polar surface area (TPSA) is 59.4 Å². The van der Waals surface area contributed by atoms with Gasteiger partial charge >= 0.3 is 5.97 Å². The van der Waals surface area contributed by atoms with E-state index in [2.05, 4.69) is 9.72 Å². The van der Waals surface area contributed by atoms with E-state index in [9.17, 15) is 9.90 Å². The van der Waals surface area contributed by atoms with Crippen LogP contribution in [0.3, 0.4) is 0 Å². The van der Waals surface area contributed by atoms with E-state index in [1.807, 2.05) is 22.6 Å². The highest BCUT2D eigenvalue weighted by Crippen LogP contribution is 2.32. The summed E-state index contributed by atoms with van der Waals surface area (Å²) in [5.74, 6) is -0.765. The maximum absolute atomic E-state index is 11.4. The van der Waals surface area contributed by atoms with Crippen LogP contribution in [0.4, 0.5) is 0 Å². The minimum absolute atomic E-state index is 0.0399. The van der Waals surface area contributed by atoms with E-state index in [1.165, 1.54) is 13.3 Å². The van der Waals surface area contributed by atoms with Crippen molar-refractivity contribution in [3.8, 4) is 5.75 Å². The summed E-state index contributed by atoms with van der Waals surface area (Å²) in [6.45, 7) is 0. The Hall–Kier alpha value is -1.08. The van der Waals surface area contributed by atoms with Gasteiger partial charge in [0.2, 0.25) is 0 Å². The van der Waals surface area contributed by atoms with Gasteiger partial charge < -0.3 is 9.84 Å². The van der Waals surface area contributed by atoms with Crippen LogP contribution in [0.5, 0.6) is 5.75 Å². The molecule has 0 radical (unpaired) electrons. The molecular weight excluding hydrogens is 356 g/mol. The number of methoxy groups -OCH3 is 1. The maximum atomic E-state index is 11.4. The zero-order valence-corrected chi connectivity index (χ0v) is 11.6. The fourth-order valence-electron chi connectivity index (χ4n) is 1.43. The van der Waals surface area contributed by atoms with Crippen LogP contribution < -0.4 is 0 Å². The summed E-state index contributed by atoms with van der Waals surface area (Å²) in [5, 5.41) is 11.0. The lowest BCUT2D eigenvalue weighted by Crippen LogP contribution is -2.02. The van der Waals surface area contributed by atoms with Gasteiger partial charge in [-0.3, -0.25) is 4.98 Å². The fourth-order valence-corrected chi connectivity index (χ4v) is 2.06. The largest absolute Gasteiger partial charge is 0.506 e. The highest BCUT2D eigenvalue weighted by atomic mass is 127. The monoisotopic (exact) mass is 363 g/mol. The second kappa shape index (κ2) is 4.66. The first-order valence-electron chi connectivity index (χ1n) is 4.59. The molecule has 0 saturated heterocycles. The van der Waals surface area contributed by atoms with Crippen molar-refractivity contribution in [3.63, 3.8) is 0 Å². The molecule has 0 aliphatic carbocycles. The van der Waals surface area contributed by atoms with Crippen molar-refractivity contribution in [3.05, 3.63) is 32.5 Å². The number of carbonyl (C=O) groups excluding carboxylic acids is 1. The zero-order chi connectivity index (χ0) is 12.6. The Balaban J connectivity index is 2.75. The molecule has 2 aromatic rings. The van der Waals surface area contributed by atoms with Crippen molar-refractivity contribution in [2.45, 2.75) is 0 Å². The van der Waals surface area contributed by atoms with Crippen LogP contribution in [0, 0.1) is 3.57 Å². The number of ether oxygens (including phenoxy) is 1. The van der Waals surface area contributed by atoms with E-state index in [0.717, 1.165) is 3.57 Å². The Bertz CT molecular complexity index is 615. The zero-order valence-electron chi connectivity index (χ0n) is 8.70. The Kier molecular flexibility index (Phi) is 3.39. The van der Waals surface area contributed by atoms with Crippen molar-refractivity contribution >= 4 is 51.1 Å². The second-order valence-corrected chi connectivity index (χ2v) is 4.86. The van der Waals surface area contributed by atoms with Gasteiger partial charge in [-0.1, -0.05) is 11.6 Å². The molecular formula is C11H7ClINO3. The number of aromatic hydroxyl groups is 1. The number of pyridine rings is 1. The number of fused-ring (bicyclic) bond motifs is 1. The minimum atomic E-state index is -0.623. The predicted octanol–water partition coefficient (Wildman–Crippen LogP) is 2.99. The fraction of sp³-hybridized carbons (Fsp3) is 0.0909.